The second kappa shape index (κ2) is 4.86. The zero-order valence-electron chi connectivity index (χ0n) is 7.08. The van der Waals surface area contributed by atoms with E-state index in [1.807, 2.05) is 0 Å². The molecule has 1 rings (SSSR count). The molecule has 0 saturated heterocycles. The van der Waals surface area contributed by atoms with E-state index in [1.165, 1.54) is 0 Å². The minimum absolute atomic E-state index is 0.102. The number of pyridine rings is 1. The van der Waals surface area contributed by atoms with Crippen LogP contribution in [0.3, 0.4) is 0 Å². The molecule has 0 bridgehead atoms. The van der Waals surface area contributed by atoms with Crippen LogP contribution in [0.2, 0.25) is 0 Å². The molecule has 1 aromatic rings. The Hall–Kier alpha value is -0.460. The van der Waals surface area contributed by atoms with E-state index in [0.29, 0.717) is 4.60 Å². The lowest BCUT2D eigenvalue weighted by Gasteiger charge is -2.11. The lowest BCUT2D eigenvalue weighted by molar-refractivity contribution is -0.137. The van der Waals surface area contributed by atoms with Gasteiger partial charge in [0.1, 0.15) is 4.60 Å². The highest BCUT2D eigenvalue weighted by Crippen LogP contribution is 2.25. The van der Waals surface area contributed by atoms with Gasteiger partial charge in [0.25, 0.3) is 0 Å². The fraction of sp³-hybridized carbons (Fsp3) is 0.250. The summed E-state index contributed by atoms with van der Waals surface area (Å²) in [5, 5.41) is 8.58. The monoisotopic (exact) mass is 322 g/mol. The SMILES string of the molecule is N[C@@H](CC(=O)O)c1cc(Br)ncc1Br. The van der Waals surface area contributed by atoms with Crippen LogP contribution < -0.4 is 5.73 Å². The molecule has 1 atom stereocenters. The van der Waals surface area contributed by atoms with E-state index in [9.17, 15) is 4.79 Å². The zero-order valence-corrected chi connectivity index (χ0v) is 10.2. The van der Waals surface area contributed by atoms with E-state index in [-0.39, 0.29) is 6.42 Å². The van der Waals surface area contributed by atoms with Crippen molar-refractivity contribution < 1.29 is 9.90 Å². The van der Waals surface area contributed by atoms with Gasteiger partial charge in [0.15, 0.2) is 0 Å². The summed E-state index contributed by atoms with van der Waals surface area (Å²) in [6.45, 7) is 0. The van der Waals surface area contributed by atoms with Gasteiger partial charge < -0.3 is 10.8 Å². The van der Waals surface area contributed by atoms with Crippen molar-refractivity contribution in [1.29, 1.82) is 0 Å². The molecule has 0 aliphatic rings. The lowest BCUT2D eigenvalue weighted by Crippen LogP contribution is -2.15. The van der Waals surface area contributed by atoms with Crippen molar-refractivity contribution in [2.75, 3.05) is 0 Å². The van der Waals surface area contributed by atoms with Gasteiger partial charge in [0.05, 0.1) is 6.42 Å². The third-order valence-corrected chi connectivity index (χ3v) is 2.74. The van der Waals surface area contributed by atoms with Crippen LogP contribution in [0.25, 0.3) is 0 Å². The molecule has 0 unspecified atom stereocenters. The van der Waals surface area contributed by atoms with Gasteiger partial charge in [-0.25, -0.2) is 4.98 Å². The number of hydrogen-bond donors (Lipinski definition) is 2. The molecule has 0 aliphatic carbocycles. The Balaban J connectivity index is 2.93. The van der Waals surface area contributed by atoms with Crippen LogP contribution in [0.4, 0.5) is 0 Å². The predicted octanol–water partition coefficient (Wildman–Crippen LogP) is 2.08. The molecule has 0 spiro atoms. The molecule has 0 saturated carbocycles. The van der Waals surface area contributed by atoms with Crippen LogP contribution in [0.1, 0.15) is 18.0 Å². The Morgan fingerprint density at radius 2 is 2.29 bits per heavy atom. The number of carboxylic acids is 1. The van der Waals surface area contributed by atoms with Crippen LogP contribution in [-0.4, -0.2) is 16.1 Å². The molecule has 76 valence electrons. The molecular weight excluding hydrogens is 316 g/mol. The quantitative estimate of drug-likeness (QED) is 0.835. The molecule has 0 aliphatic heterocycles. The second-order valence-corrected chi connectivity index (χ2v) is 4.40. The van der Waals surface area contributed by atoms with Gasteiger partial charge in [-0.1, -0.05) is 0 Å². The number of aliphatic carboxylic acids is 1. The molecule has 1 heterocycles. The zero-order chi connectivity index (χ0) is 10.7. The third kappa shape index (κ3) is 3.04. The van der Waals surface area contributed by atoms with E-state index < -0.39 is 12.0 Å². The summed E-state index contributed by atoms with van der Waals surface area (Å²) in [7, 11) is 0. The Morgan fingerprint density at radius 3 is 2.86 bits per heavy atom. The van der Waals surface area contributed by atoms with Gasteiger partial charge in [0, 0.05) is 16.7 Å². The van der Waals surface area contributed by atoms with Crippen molar-refractivity contribution in [3.63, 3.8) is 0 Å². The van der Waals surface area contributed by atoms with E-state index >= 15 is 0 Å². The van der Waals surface area contributed by atoms with Crippen molar-refractivity contribution in [3.05, 3.63) is 26.9 Å². The van der Waals surface area contributed by atoms with Gasteiger partial charge in [-0.3, -0.25) is 4.79 Å². The number of hydrogen-bond acceptors (Lipinski definition) is 3. The summed E-state index contributed by atoms with van der Waals surface area (Å²) >= 11 is 6.46. The smallest absolute Gasteiger partial charge is 0.305 e. The van der Waals surface area contributed by atoms with Crippen LogP contribution in [0, 0.1) is 0 Å². The molecular formula is C8H8Br2N2O2. The Bertz CT molecular complexity index is 357. The van der Waals surface area contributed by atoms with E-state index in [1.54, 1.807) is 12.3 Å². The number of halogens is 2. The van der Waals surface area contributed by atoms with Gasteiger partial charge >= 0.3 is 5.97 Å². The number of nitrogens with two attached hydrogens (primary N) is 1. The first-order valence-electron chi connectivity index (χ1n) is 3.79. The number of aromatic nitrogens is 1. The number of carbonyl (C=O) groups is 1. The van der Waals surface area contributed by atoms with Crippen molar-refractivity contribution in [3.8, 4) is 0 Å². The van der Waals surface area contributed by atoms with E-state index in [2.05, 4.69) is 36.8 Å². The van der Waals surface area contributed by atoms with Crippen molar-refractivity contribution in [2.24, 2.45) is 5.73 Å². The van der Waals surface area contributed by atoms with Crippen LogP contribution in [0.5, 0.6) is 0 Å². The number of carboxylic acid groups (broad SMARTS) is 1. The number of rotatable bonds is 3. The van der Waals surface area contributed by atoms with Crippen LogP contribution >= 0.6 is 31.9 Å². The molecule has 14 heavy (non-hydrogen) atoms. The van der Waals surface area contributed by atoms with Gasteiger partial charge in [-0.15, -0.1) is 0 Å². The highest BCUT2D eigenvalue weighted by molar-refractivity contribution is 9.11. The fourth-order valence-electron chi connectivity index (χ4n) is 1.01. The summed E-state index contributed by atoms with van der Waals surface area (Å²) < 4.78 is 1.35. The van der Waals surface area contributed by atoms with E-state index in [0.717, 1.165) is 10.0 Å². The molecule has 0 aromatic carbocycles. The van der Waals surface area contributed by atoms with Gasteiger partial charge in [-0.05, 0) is 43.5 Å². The lowest BCUT2D eigenvalue weighted by atomic mass is 10.1. The van der Waals surface area contributed by atoms with Crippen LogP contribution in [-0.2, 0) is 4.79 Å². The Morgan fingerprint density at radius 1 is 1.64 bits per heavy atom. The molecule has 0 fully saturated rings. The summed E-state index contributed by atoms with van der Waals surface area (Å²) in [5.74, 6) is -0.919. The van der Waals surface area contributed by atoms with Gasteiger partial charge in [0.2, 0.25) is 0 Å². The maximum Gasteiger partial charge on any atom is 0.305 e. The standard InChI is InChI=1S/C8H8Br2N2O2/c9-5-3-12-7(10)1-4(5)6(11)2-8(13)14/h1,3,6H,2,11H2,(H,13,14)/t6-/m0/s1. The number of nitrogens with zero attached hydrogens (tertiary/aromatic N) is 1. The minimum atomic E-state index is -0.919. The fourth-order valence-corrected chi connectivity index (χ4v) is 1.87. The highest BCUT2D eigenvalue weighted by Gasteiger charge is 2.14. The highest BCUT2D eigenvalue weighted by atomic mass is 79.9. The topological polar surface area (TPSA) is 76.2 Å². The van der Waals surface area contributed by atoms with Crippen molar-refractivity contribution in [1.82, 2.24) is 4.98 Å². The summed E-state index contributed by atoms with van der Waals surface area (Å²) in [6, 6.07) is 1.18. The van der Waals surface area contributed by atoms with Crippen LogP contribution in [0.15, 0.2) is 21.3 Å². The normalized spacial score (nSPS) is 12.5. The molecule has 0 amide bonds. The maximum atomic E-state index is 10.5. The first-order valence-corrected chi connectivity index (χ1v) is 5.37. The average molecular weight is 324 g/mol. The molecule has 4 nitrogen and oxygen atoms in total. The average Bonchev–Trinajstić information content (AvgIpc) is 2.08. The predicted molar refractivity (Wildman–Crippen MR) is 58.8 cm³/mol. The second-order valence-electron chi connectivity index (χ2n) is 2.73. The summed E-state index contributed by atoms with van der Waals surface area (Å²) in [6.07, 6.45) is 1.48. The first-order chi connectivity index (χ1) is 6.50. The Labute approximate surface area is 97.8 Å². The van der Waals surface area contributed by atoms with Gasteiger partial charge in [-0.2, -0.15) is 0 Å². The van der Waals surface area contributed by atoms with E-state index in [4.69, 9.17) is 10.8 Å². The summed E-state index contributed by atoms with van der Waals surface area (Å²) in [5.41, 5.74) is 6.44. The Kier molecular flexibility index (Phi) is 4.03. The van der Waals surface area contributed by atoms with Crippen molar-refractivity contribution in [2.45, 2.75) is 12.5 Å². The minimum Gasteiger partial charge on any atom is -0.481 e. The first kappa shape index (κ1) is 11.6. The summed E-state index contributed by atoms with van der Waals surface area (Å²) in [4.78, 5) is 14.4. The third-order valence-electron chi connectivity index (χ3n) is 1.65. The molecule has 6 heteroatoms. The van der Waals surface area contributed by atoms with Crippen molar-refractivity contribution >= 4 is 37.8 Å². The maximum absolute atomic E-state index is 10.5. The molecule has 0 radical (unpaired) electrons. The molecule has 3 N–H and O–H groups in total. The molecule has 1 aromatic heterocycles. The largest absolute Gasteiger partial charge is 0.481 e.